The van der Waals surface area contributed by atoms with Crippen molar-refractivity contribution in [1.82, 2.24) is 5.32 Å². The third kappa shape index (κ3) is 4.61. The van der Waals surface area contributed by atoms with Gasteiger partial charge in [0.1, 0.15) is 5.92 Å². The molecule has 0 aromatic heterocycles. The second-order valence-electron chi connectivity index (χ2n) is 7.33. The Hall–Kier alpha value is -1.79. The first-order valence-corrected chi connectivity index (χ1v) is 10.4. The van der Waals surface area contributed by atoms with Crippen molar-refractivity contribution in [3.8, 4) is 5.75 Å². The number of nitrogens with one attached hydrogen (secondary N) is 1. The van der Waals surface area contributed by atoms with Crippen LogP contribution in [0.15, 0.2) is 17.1 Å². The lowest BCUT2D eigenvalue weighted by Gasteiger charge is -2.31. The number of esters is 1. The molecule has 152 valence electrons. The summed E-state index contributed by atoms with van der Waals surface area (Å²) in [6, 6.07) is 1.74. The van der Waals surface area contributed by atoms with E-state index in [1.807, 2.05) is 6.92 Å². The molecule has 6 nitrogen and oxygen atoms in total. The minimum Gasteiger partial charge on any atom is -0.505 e. The highest BCUT2D eigenvalue weighted by Crippen LogP contribution is 2.38. The topological polar surface area (TPSA) is 88.0 Å². The van der Waals surface area contributed by atoms with Crippen LogP contribution >= 0.6 is 23.2 Å². The molecule has 2 amide bonds. The fourth-order valence-corrected chi connectivity index (χ4v) is 4.40. The minimum absolute atomic E-state index is 0.0478. The summed E-state index contributed by atoms with van der Waals surface area (Å²) in [5.41, 5.74) is 0.976. The zero-order valence-corrected chi connectivity index (χ0v) is 17.2. The molecule has 1 fully saturated rings. The highest BCUT2D eigenvalue weighted by molar-refractivity contribution is 6.37. The minimum atomic E-state index is -0.761. The van der Waals surface area contributed by atoms with E-state index in [4.69, 9.17) is 27.9 Å². The monoisotopic (exact) mass is 426 g/mol. The number of carbonyl (C=O) groups is 2. The van der Waals surface area contributed by atoms with Crippen molar-refractivity contribution in [2.24, 2.45) is 16.8 Å². The van der Waals surface area contributed by atoms with E-state index >= 15 is 0 Å². The van der Waals surface area contributed by atoms with Crippen LogP contribution in [-0.2, 0) is 9.53 Å². The molecule has 1 heterocycles. The molecule has 0 saturated heterocycles. The standard InChI is InChI=1S/C20H24Cl2N2O4/c1-2-15-16(19(26)28-10-11-6-4-3-5-7-11)17(24-20(27)23-15)12-8-13(21)18(25)14(22)9-12/h8-9,11,16-17,25H,2-7,10H2,1H3,(H,24,27). The number of phenolic OH excluding ortho intramolecular Hbond substituents is 1. The Morgan fingerprint density at radius 1 is 1.25 bits per heavy atom. The Balaban J connectivity index is 1.85. The summed E-state index contributed by atoms with van der Waals surface area (Å²) in [6.45, 7) is 2.22. The van der Waals surface area contributed by atoms with Crippen molar-refractivity contribution >= 4 is 40.9 Å². The summed E-state index contributed by atoms with van der Waals surface area (Å²) in [7, 11) is 0. The predicted octanol–water partition coefficient (Wildman–Crippen LogP) is 5.05. The SMILES string of the molecule is CCC1=NC(=O)NC(c2cc(Cl)c(O)c(Cl)c2)C1C(=O)OCC1CCCCC1. The van der Waals surface area contributed by atoms with Crippen LogP contribution in [0.4, 0.5) is 4.79 Å². The number of amides is 2. The van der Waals surface area contributed by atoms with Crippen LogP contribution in [0.1, 0.15) is 57.1 Å². The predicted molar refractivity (Wildman–Crippen MR) is 108 cm³/mol. The maximum atomic E-state index is 13.0. The number of ether oxygens (including phenoxy) is 1. The van der Waals surface area contributed by atoms with E-state index < -0.39 is 24.0 Å². The molecule has 0 radical (unpaired) electrons. The van der Waals surface area contributed by atoms with Gasteiger partial charge in [0, 0.05) is 5.71 Å². The zero-order chi connectivity index (χ0) is 20.3. The zero-order valence-electron chi connectivity index (χ0n) is 15.7. The molecule has 2 aliphatic rings. The fourth-order valence-electron chi connectivity index (χ4n) is 3.90. The quantitative estimate of drug-likeness (QED) is 0.644. The Labute approximate surface area is 174 Å². The first kappa shape index (κ1) is 20.9. The Morgan fingerprint density at radius 3 is 2.50 bits per heavy atom. The van der Waals surface area contributed by atoms with E-state index in [-0.39, 0.29) is 15.8 Å². The molecule has 2 unspecified atom stereocenters. The number of aromatic hydroxyl groups is 1. The molecule has 2 atom stereocenters. The normalized spacial score (nSPS) is 23.1. The van der Waals surface area contributed by atoms with Gasteiger partial charge in [0.25, 0.3) is 0 Å². The summed E-state index contributed by atoms with van der Waals surface area (Å²) in [6.07, 6.45) is 6.13. The van der Waals surface area contributed by atoms with Crippen LogP contribution in [0.25, 0.3) is 0 Å². The van der Waals surface area contributed by atoms with Crippen molar-refractivity contribution in [2.45, 2.75) is 51.5 Å². The van der Waals surface area contributed by atoms with Crippen LogP contribution in [0, 0.1) is 11.8 Å². The lowest BCUT2D eigenvalue weighted by Crippen LogP contribution is -2.45. The number of halogens is 2. The molecule has 1 saturated carbocycles. The molecule has 1 aromatic carbocycles. The third-order valence-corrected chi connectivity index (χ3v) is 5.99. The highest BCUT2D eigenvalue weighted by Gasteiger charge is 2.39. The number of benzene rings is 1. The van der Waals surface area contributed by atoms with Crippen LogP contribution < -0.4 is 5.32 Å². The molecule has 0 bridgehead atoms. The smallest absolute Gasteiger partial charge is 0.341 e. The lowest BCUT2D eigenvalue weighted by atomic mass is 9.86. The summed E-state index contributed by atoms with van der Waals surface area (Å²) in [4.78, 5) is 29.0. The van der Waals surface area contributed by atoms with Crippen LogP contribution in [0.3, 0.4) is 0 Å². The van der Waals surface area contributed by atoms with Gasteiger partial charge in [0.2, 0.25) is 0 Å². The summed E-state index contributed by atoms with van der Waals surface area (Å²) < 4.78 is 5.64. The van der Waals surface area contributed by atoms with E-state index in [0.29, 0.717) is 30.2 Å². The van der Waals surface area contributed by atoms with Gasteiger partial charge in [-0.1, -0.05) is 49.4 Å². The number of hydrogen-bond acceptors (Lipinski definition) is 4. The van der Waals surface area contributed by atoms with Gasteiger partial charge in [-0.2, -0.15) is 0 Å². The van der Waals surface area contributed by atoms with Gasteiger partial charge in [-0.3, -0.25) is 4.79 Å². The lowest BCUT2D eigenvalue weighted by molar-refractivity contribution is -0.148. The second-order valence-corrected chi connectivity index (χ2v) is 8.14. The molecule has 3 rings (SSSR count). The maximum Gasteiger partial charge on any atom is 0.341 e. The van der Waals surface area contributed by atoms with Crippen LogP contribution in [-0.4, -0.2) is 29.4 Å². The van der Waals surface area contributed by atoms with Crippen LogP contribution in [0.2, 0.25) is 10.0 Å². The third-order valence-electron chi connectivity index (χ3n) is 5.42. The second kappa shape index (κ2) is 9.14. The average Bonchev–Trinajstić information content (AvgIpc) is 2.69. The Kier molecular flexibility index (Phi) is 6.83. The maximum absolute atomic E-state index is 13.0. The van der Waals surface area contributed by atoms with Gasteiger partial charge in [-0.05, 0) is 42.9 Å². The van der Waals surface area contributed by atoms with E-state index in [1.165, 1.54) is 18.6 Å². The molecular weight excluding hydrogens is 403 g/mol. The van der Waals surface area contributed by atoms with E-state index in [9.17, 15) is 14.7 Å². The number of urea groups is 1. The number of aliphatic imine (C=N–C) groups is 1. The first-order valence-electron chi connectivity index (χ1n) is 9.63. The van der Waals surface area contributed by atoms with Gasteiger partial charge in [0.15, 0.2) is 5.75 Å². The molecule has 1 aliphatic heterocycles. The van der Waals surface area contributed by atoms with Crippen molar-refractivity contribution in [1.29, 1.82) is 0 Å². The molecular formula is C20H24Cl2N2O4. The van der Waals surface area contributed by atoms with Crippen molar-refractivity contribution in [3.05, 3.63) is 27.7 Å². The molecule has 28 heavy (non-hydrogen) atoms. The summed E-state index contributed by atoms with van der Waals surface area (Å²) in [5.74, 6) is -1.04. The summed E-state index contributed by atoms with van der Waals surface area (Å²) in [5, 5.41) is 12.6. The van der Waals surface area contributed by atoms with Crippen molar-refractivity contribution < 1.29 is 19.4 Å². The molecule has 2 N–H and O–H groups in total. The number of hydrogen-bond donors (Lipinski definition) is 2. The Bertz CT molecular complexity index is 767. The summed E-state index contributed by atoms with van der Waals surface area (Å²) >= 11 is 12.1. The van der Waals surface area contributed by atoms with Gasteiger partial charge in [-0.25, -0.2) is 9.79 Å². The highest BCUT2D eigenvalue weighted by atomic mass is 35.5. The molecule has 8 heteroatoms. The first-order chi connectivity index (χ1) is 13.4. The van der Waals surface area contributed by atoms with Crippen LogP contribution in [0.5, 0.6) is 5.75 Å². The average molecular weight is 427 g/mol. The number of nitrogens with zero attached hydrogens (tertiary/aromatic N) is 1. The van der Waals surface area contributed by atoms with Gasteiger partial charge < -0.3 is 15.2 Å². The van der Waals surface area contributed by atoms with Crippen molar-refractivity contribution in [3.63, 3.8) is 0 Å². The molecule has 0 spiro atoms. The van der Waals surface area contributed by atoms with Gasteiger partial charge in [0.05, 0.1) is 22.7 Å². The fraction of sp³-hybridized carbons (Fsp3) is 0.550. The molecule has 1 aliphatic carbocycles. The van der Waals surface area contributed by atoms with E-state index in [0.717, 1.165) is 25.7 Å². The van der Waals surface area contributed by atoms with Crippen molar-refractivity contribution in [2.75, 3.05) is 6.61 Å². The Morgan fingerprint density at radius 2 is 1.89 bits per heavy atom. The number of rotatable bonds is 5. The van der Waals surface area contributed by atoms with Gasteiger partial charge in [-0.15, -0.1) is 0 Å². The van der Waals surface area contributed by atoms with Gasteiger partial charge >= 0.3 is 12.0 Å². The number of phenols is 1. The van der Waals surface area contributed by atoms with E-state index in [1.54, 1.807) is 0 Å². The van der Waals surface area contributed by atoms with E-state index in [2.05, 4.69) is 10.3 Å². The molecule has 1 aromatic rings. The number of carbonyl (C=O) groups excluding carboxylic acids is 2. The largest absolute Gasteiger partial charge is 0.505 e.